The van der Waals surface area contributed by atoms with Gasteiger partial charge in [-0.1, -0.05) is 123 Å². The van der Waals surface area contributed by atoms with Gasteiger partial charge in [0.25, 0.3) is 0 Å². The minimum Gasteiger partial charge on any atom is -0.477 e. The number of unbranched alkanes of at least 4 members (excludes halogenated alkanes) is 3. The van der Waals surface area contributed by atoms with Gasteiger partial charge in [0.1, 0.15) is 6.61 Å². The number of allylic oxidation sites excluding steroid dienone is 18. The predicted octanol–water partition coefficient (Wildman–Crippen LogP) is 11.3. The van der Waals surface area contributed by atoms with E-state index in [2.05, 4.69) is 123 Å². The molecule has 8 heteroatoms. The van der Waals surface area contributed by atoms with E-state index >= 15 is 0 Å². The predicted molar refractivity (Wildman–Crippen MR) is 233 cm³/mol. The largest absolute Gasteiger partial charge is 0.477 e. The first kappa shape index (κ1) is 52.0. The van der Waals surface area contributed by atoms with Crippen molar-refractivity contribution >= 4 is 17.9 Å². The quantitative estimate of drug-likeness (QED) is 0.0296. The van der Waals surface area contributed by atoms with Gasteiger partial charge in [0.15, 0.2) is 12.1 Å². The summed E-state index contributed by atoms with van der Waals surface area (Å²) in [5.74, 6) is -1.62. The molecule has 0 bridgehead atoms. The third kappa shape index (κ3) is 35.7. The number of quaternary nitrogens is 1. The molecule has 0 aromatic rings. The zero-order valence-electron chi connectivity index (χ0n) is 35.5. The molecule has 0 fully saturated rings. The SMILES string of the molecule is CC/C=C/C/C=C/C/C=C/C/C=C/C/C=C/C/C=C/CCCCC(=O)OC(COCCC(C(=O)O)[N+](C)(C)C)COC(=O)CCC/C=C/C/C=C/C/C=C/CC. The van der Waals surface area contributed by atoms with Crippen molar-refractivity contribution in [1.29, 1.82) is 0 Å². The van der Waals surface area contributed by atoms with Crippen molar-refractivity contribution in [2.75, 3.05) is 41.0 Å². The Bertz CT molecular complexity index is 1280. The molecule has 0 radical (unpaired) electrons. The topological polar surface area (TPSA) is 99.1 Å². The van der Waals surface area contributed by atoms with Crippen LogP contribution in [0.1, 0.15) is 123 Å². The van der Waals surface area contributed by atoms with E-state index in [1.807, 2.05) is 21.1 Å². The number of carboxylic acid groups (broad SMARTS) is 1. The van der Waals surface area contributed by atoms with E-state index < -0.39 is 18.1 Å². The Morgan fingerprint density at radius 1 is 0.536 bits per heavy atom. The van der Waals surface area contributed by atoms with Crippen LogP contribution in [0.4, 0.5) is 0 Å². The van der Waals surface area contributed by atoms with E-state index in [9.17, 15) is 19.5 Å². The van der Waals surface area contributed by atoms with E-state index in [4.69, 9.17) is 14.2 Å². The average Bonchev–Trinajstić information content (AvgIpc) is 3.15. The Balaban J connectivity index is 4.52. The molecule has 0 aromatic heterocycles. The van der Waals surface area contributed by atoms with Crippen LogP contribution in [0.25, 0.3) is 0 Å². The highest BCUT2D eigenvalue weighted by molar-refractivity contribution is 5.72. The van der Waals surface area contributed by atoms with Gasteiger partial charge in [-0.15, -0.1) is 0 Å². The second kappa shape index (κ2) is 37.9. The van der Waals surface area contributed by atoms with Crippen LogP contribution in [0.15, 0.2) is 109 Å². The summed E-state index contributed by atoms with van der Waals surface area (Å²) in [6.45, 7) is 4.36. The van der Waals surface area contributed by atoms with Gasteiger partial charge < -0.3 is 23.8 Å². The van der Waals surface area contributed by atoms with Crippen LogP contribution in [0.3, 0.4) is 0 Å². The number of ether oxygens (including phenoxy) is 3. The number of hydrogen-bond acceptors (Lipinski definition) is 6. The number of carboxylic acids is 1. The second-order valence-electron chi connectivity index (χ2n) is 14.5. The number of hydrogen-bond donors (Lipinski definition) is 1. The number of aliphatic carboxylic acids is 1. The highest BCUT2D eigenvalue weighted by Gasteiger charge is 2.31. The summed E-state index contributed by atoms with van der Waals surface area (Å²) in [6.07, 6.45) is 51.5. The summed E-state index contributed by atoms with van der Waals surface area (Å²) < 4.78 is 17.1. The van der Waals surface area contributed by atoms with E-state index in [1.165, 1.54) is 0 Å². The van der Waals surface area contributed by atoms with Gasteiger partial charge in [0.05, 0.1) is 34.4 Å². The van der Waals surface area contributed by atoms with Gasteiger partial charge in [-0.2, -0.15) is 0 Å². The summed E-state index contributed by atoms with van der Waals surface area (Å²) in [7, 11) is 5.47. The first-order valence-corrected chi connectivity index (χ1v) is 20.9. The maximum Gasteiger partial charge on any atom is 0.362 e. The Morgan fingerprint density at radius 3 is 1.38 bits per heavy atom. The normalized spacial score (nSPS) is 14.1. The molecule has 0 aliphatic heterocycles. The van der Waals surface area contributed by atoms with Crippen molar-refractivity contribution in [3.63, 3.8) is 0 Å². The lowest BCUT2D eigenvalue weighted by Crippen LogP contribution is -2.50. The Hall–Kier alpha value is -4.01. The fourth-order valence-corrected chi connectivity index (χ4v) is 5.23. The number of carbonyl (C=O) groups is 3. The van der Waals surface area contributed by atoms with Crippen LogP contribution in [-0.2, 0) is 28.6 Å². The molecule has 8 nitrogen and oxygen atoms in total. The van der Waals surface area contributed by atoms with Crippen LogP contribution in [0, 0.1) is 0 Å². The first-order chi connectivity index (χ1) is 27.1. The monoisotopic (exact) mass is 779 g/mol. The third-order valence-electron chi connectivity index (χ3n) is 8.42. The highest BCUT2D eigenvalue weighted by atomic mass is 16.6. The van der Waals surface area contributed by atoms with Crippen molar-refractivity contribution < 1.29 is 38.2 Å². The van der Waals surface area contributed by atoms with E-state index in [1.54, 1.807) is 0 Å². The number of rotatable bonds is 35. The minimum absolute atomic E-state index is 0.0194. The molecular weight excluding hydrogens is 703 g/mol. The van der Waals surface area contributed by atoms with Gasteiger partial charge >= 0.3 is 17.9 Å². The second-order valence-corrected chi connectivity index (χ2v) is 14.5. The van der Waals surface area contributed by atoms with E-state index in [0.29, 0.717) is 19.3 Å². The molecule has 0 saturated carbocycles. The van der Waals surface area contributed by atoms with Crippen molar-refractivity contribution in [2.24, 2.45) is 0 Å². The Kier molecular flexibility index (Phi) is 35.2. The van der Waals surface area contributed by atoms with Crippen LogP contribution in [0.5, 0.6) is 0 Å². The van der Waals surface area contributed by atoms with E-state index in [0.717, 1.165) is 77.0 Å². The maximum atomic E-state index is 12.7. The molecule has 0 saturated heterocycles. The molecular formula is C48H76NO7+. The van der Waals surface area contributed by atoms with Gasteiger partial charge in [0.2, 0.25) is 0 Å². The van der Waals surface area contributed by atoms with Crippen LogP contribution < -0.4 is 0 Å². The summed E-state index contributed by atoms with van der Waals surface area (Å²) in [5, 5.41) is 9.60. The Labute approximate surface area is 340 Å². The van der Waals surface area contributed by atoms with Crippen molar-refractivity contribution in [3.8, 4) is 0 Å². The molecule has 0 amide bonds. The molecule has 0 aromatic carbocycles. The molecule has 0 aliphatic carbocycles. The molecule has 0 rings (SSSR count). The van der Waals surface area contributed by atoms with Crippen molar-refractivity contribution in [3.05, 3.63) is 109 Å². The minimum atomic E-state index is -0.895. The highest BCUT2D eigenvalue weighted by Crippen LogP contribution is 2.11. The molecule has 314 valence electrons. The standard InChI is InChI=1S/C48H75NO7/c1-6-8-10-12-14-16-18-19-20-21-22-23-24-25-26-27-29-31-33-35-37-39-47(51)56-44(42-54-41-40-45(48(52)53)49(3,4)5)43-55-46(50)38-36-34-32-30-28-17-15-13-11-9-7-2/h8-11,14-17,19-20,22-23,25-26,29-32,44-45H,6-7,12-13,18,21,24,27-28,33-43H2,1-5H3/p+1/b10-8+,11-9+,16-14+,17-15+,20-19+,23-22+,26-25+,31-29+,32-30+. The van der Waals surface area contributed by atoms with Crippen LogP contribution >= 0.6 is 0 Å². The summed E-state index contributed by atoms with van der Waals surface area (Å²) in [6, 6.07) is -0.636. The van der Waals surface area contributed by atoms with Crippen molar-refractivity contribution in [2.45, 2.75) is 135 Å². The number of likely N-dealkylation sites (N-methyl/N-ethyl adjacent to an activating group) is 1. The van der Waals surface area contributed by atoms with Gasteiger partial charge in [-0.05, 0) is 89.9 Å². The summed E-state index contributed by atoms with van der Waals surface area (Å²) in [4.78, 5) is 36.8. The van der Waals surface area contributed by atoms with Crippen molar-refractivity contribution in [1.82, 2.24) is 0 Å². The summed E-state index contributed by atoms with van der Waals surface area (Å²) >= 11 is 0. The number of nitrogens with zero attached hydrogens (tertiary/aromatic N) is 1. The molecule has 2 unspecified atom stereocenters. The average molecular weight is 779 g/mol. The molecule has 2 atom stereocenters. The van der Waals surface area contributed by atoms with E-state index in [-0.39, 0.29) is 49.1 Å². The van der Waals surface area contributed by atoms with Crippen LogP contribution in [-0.4, -0.2) is 80.6 Å². The Morgan fingerprint density at radius 2 is 0.946 bits per heavy atom. The fourth-order valence-electron chi connectivity index (χ4n) is 5.23. The number of carbonyl (C=O) groups excluding carboxylic acids is 2. The molecule has 56 heavy (non-hydrogen) atoms. The molecule has 0 heterocycles. The fraction of sp³-hybridized carbons (Fsp3) is 0.562. The lowest BCUT2D eigenvalue weighted by molar-refractivity contribution is -0.887. The zero-order chi connectivity index (χ0) is 41.4. The number of esters is 2. The molecule has 1 N–H and O–H groups in total. The van der Waals surface area contributed by atoms with Crippen LogP contribution in [0.2, 0.25) is 0 Å². The maximum absolute atomic E-state index is 12.7. The lowest BCUT2D eigenvalue weighted by atomic mass is 10.1. The summed E-state index contributed by atoms with van der Waals surface area (Å²) in [5.41, 5.74) is 0. The molecule has 0 aliphatic rings. The van der Waals surface area contributed by atoms with Gasteiger partial charge in [0, 0.05) is 19.3 Å². The zero-order valence-corrected chi connectivity index (χ0v) is 35.5. The smallest absolute Gasteiger partial charge is 0.362 e. The third-order valence-corrected chi connectivity index (χ3v) is 8.42. The van der Waals surface area contributed by atoms with Gasteiger partial charge in [-0.25, -0.2) is 4.79 Å². The molecule has 0 spiro atoms. The lowest BCUT2D eigenvalue weighted by Gasteiger charge is -2.31. The first-order valence-electron chi connectivity index (χ1n) is 20.9. The van der Waals surface area contributed by atoms with Gasteiger partial charge in [-0.3, -0.25) is 9.59 Å².